The van der Waals surface area contributed by atoms with E-state index in [-0.39, 0.29) is 6.61 Å². The fraction of sp³-hybridized carbons (Fsp3) is 0.500. The monoisotopic (exact) mass is 311 g/mol. The molecule has 4 nitrogen and oxygen atoms in total. The van der Waals surface area contributed by atoms with E-state index in [0.717, 1.165) is 12.1 Å². The molecule has 0 saturated heterocycles. The molecule has 8 heteroatoms. The largest absolute Gasteiger partial charge is 0.416 e. The SMILES string of the molecule is CCOP(N)(=O)OC(C)(C)c1ccc(C(F)(F)F)cc1. The van der Waals surface area contributed by atoms with Crippen LogP contribution < -0.4 is 5.50 Å². The van der Waals surface area contributed by atoms with Gasteiger partial charge in [-0.3, -0.25) is 9.05 Å². The van der Waals surface area contributed by atoms with Crippen molar-refractivity contribution >= 4 is 7.75 Å². The number of halogens is 3. The van der Waals surface area contributed by atoms with E-state index >= 15 is 0 Å². The Morgan fingerprint density at radius 1 is 1.15 bits per heavy atom. The lowest BCUT2D eigenvalue weighted by molar-refractivity contribution is -0.137. The lowest BCUT2D eigenvalue weighted by atomic mass is 9.97. The summed E-state index contributed by atoms with van der Waals surface area (Å²) in [5.74, 6) is 0. The van der Waals surface area contributed by atoms with Gasteiger partial charge in [-0.05, 0) is 38.5 Å². The first-order chi connectivity index (χ1) is 8.98. The zero-order valence-corrected chi connectivity index (χ0v) is 12.3. The fourth-order valence-corrected chi connectivity index (χ4v) is 2.79. The smallest absolute Gasteiger partial charge is 0.297 e. The maximum absolute atomic E-state index is 12.5. The van der Waals surface area contributed by atoms with Gasteiger partial charge >= 0.3 is 13.9 Å². The number of rotatable bonds is 5. The highest BCUT2D eigenvalue weighted by Crippen LogP contribution is 2.47. The van der Waals surface area contributed by atoms with E-state index < -0.39 is 25.1 Å². The number of hydrogen-bond donors (Lipinski definition) is 1. The summed E-state index contributed by atoms with van der Waals surface area (Å²) in [4.78, 5) is 0. The van der Waals surface area contributed by atoms with Gasteiger partial charge in [-0.1, -0.05) is 12.1 Å². The Bertz CT molecular complexity index is 500. The van der Waals surface area contributed by atoms with E-state index in [1.54, 1.807) is 20.8 Å². The van der Waals surface area contributed by atoms with E-state index in [9.17, 15) is 17.7 Å². The summed E-state index contributed by atoms with van der Waals surface area (Å²) in [6.07, 6.45) is -4.40. The van der Waals surface area contributed by atoms with Crippen LogP contribution in [0.5, 0.6) is 0 Å². The summed E-state index contributed by atoms with van der Waals surface area (Å²) in [5, 5.41) is 0. The average molecular weight is 311 g/mol. The summed E-state index contributed by atoms with van der Waals surface area (Å²) >= 11 is 0. The molecular weight excluding hydrogens is 294 g/mol. The quantitative estimate of drug-likeness (QED) is 0.833. The standard InChI is InChI=1S/C12H17F3NO3P/c1-4-18-20(16,17)19-11(2,3)9-5-7-10(8-6-9)12(13,14)15/h5-8H,4H2,1-3H3,(H2,16,17). The normalized spacial score (nSPS) is 15.9. The van der Waals surface area contributed by atoms with Crippen LogP contribution in [0.3, 0.4) is 0 Å². The molecule has 0 aliphatic heterocycles. The van der Waals surface area contributed by atoms with Gasteiger partial charge in [-0.25, -0.2) is 10.1 Å². The average Bonchev–Trinajstić information content (AvgIpc) is 2.26. The van der Waals surface area contributed by atoms with Crippen molar-refractivity contribution < 1.29 is 26.8 Å². The topological polar surface area (TPSA) is 61.5 Å². The van der Waals surface area contributed by atoms with Gasteiger partial charge in [0.1, 0.15) is 0 Å². The molecule has 0 fully saturated rings. The number of benzene rings is 1. The number of alkyl halides is 3. The number of hydrogen-bond acceptors (Lipinski definition) is 3. The Hall–Kier alpha value is -0.880. The molecule has 1 rings (SSSR count). The molecule has 114 valence electrons. The minimum absolute atomic E-state index is 0.108. The van der Waals surface area contributed by atoms with Crippen molar-refractivity contribution in [3.05, 3.63) is 35.4 Å². The fourth-order valence-electron chi connectivity index (χ4n) is 1.64. The Labute approximate surface area is 115 Å². The second kappa shape index (κ2) is 5.85. The van der Waals surface area contributed by atoms with Crippen molar-refractivity contribution in [2.45, 2.75) is 32.5 Å². The summed E-state index contributed by atoms with van der Waals surface area (Å²) in [6.45, 7) is 4.81. The number of nitrogens with two attached hydrogens (primary N) is 1. The van der Waals surface area contributed by atoms with Crippen LogP contribution in [0.1, 0.15) is 31.9 Å². The lowest BCUT2D eigenvalue weighted by Gasteiger charge is -2.28. The molecule has 1 unspecified atom stereocenters. The Balaban J connectivity index is 2.96. The molecule has 0 aliphatic carbocycles. The maximum Gasteiger partial charge on any atom is 0.416 e. The Morgan fingerprint density at radius 3 is 2.00 bits per heavy atom. The van der Waals surface area contributed by atoms with Gasteiger partial charge in [-0.15, -0.1) is 0 Å². The highest BCUT2D eigenvalue weighted by Gasteiger charge is 2.34. The molecule has 20 heavy (non-hydrogen) atoms. The van der Waals surface area contributed by atoms with Crippen LogP contribution in [0.4, 0.5) is 13.2 Å². The van der Waals surface area contributed by atoms with E-state index in [1.807, 2.05) is 0 Å². The van der Waals surface area contributed by atoms with Crippen molar-refractivity contribution in [3.8, 4) is 0 Å². The third-order valence-electron chi connectivity index (χ3n) is 2.57. The molecule has 1 atom stereocenters. The predicted octanol–water partition coefficient (Wildman–Crippen LogP) is 4.06. The molecule has 1 aromatic carbocycles. The minimum atomic E-state index is -4.40. The highest BCUT2D eigenvalue weighted by molar-refractivity contribution is 7.51. The van der Waals surface area contributed by atoms with Gasteiger partial charge < -0.3 is 0 Å². The van der Waals surface area contributed by atoms with Gasteiger partial charge in [0.15, 0.2) is 0 Å². The Kier molecular flexibility index (Phi) is 5.03. The van der Waals surface area contributed by atoms with Gasteiger partial charge in [0, 0.05) is 0 Å². The molecule has 0 radical (unpaired) electrons. The van der Waals surface area contributed by atoms with Crippen molar-refractivity contribution in [3.63, 3.8) is 0 Å². The van der Waals surface area contributed by atoms with Crippen LogP contribution in [0, 0.1) is 0 Å². The van der Waals surface area contributed by atoms with Crippen LogP contribution in [-0.4, -0.2) is 6.61 Å². The van der Waals surface area contributed by atoms with Crippen molar-refractivity contribution in [2.75, 3.05) is 6.61 Å². The third-order valence-corrected chi connectivity index (χ3v) is 3.90. The van der Waals surface area contributed by atoms with Crippen LogP contribution in [0.2, 0.25) is 0 Å². The van der Waals surface area contributed by atoms with E-state index in [0.29, 0.717) is 5.56 Å². The molecule has 0 aliphatic rings. The van der Waals surface area contributed by atoms with Crippen LogP contribution in [0.15, 0.2) is 24.3 Å². The molecule has 0 spiro atoms. The zero-order valence-electron chi connectivity index (χ0n) is 11.4. The van der Waals surface area contributed by atoms with E-state index in [2.05, 4.69) is 0 Å². The third kappa shape index (κ3) is 4.59. The first-order valence-electron chi connectivity index (χ1n) is 5.89. The van der Waals surface area contributed by atoms with E-state index in [1.165, 1.54) is 12.1 Å². The van der Waals surface area contributed by atoms with Crippen LogP contribution in [0.25, 0.3) is 0 Å². The molecule has 0 heterocycles. The van der Waals surface area contributed by atoms with Crippen molar-refractivity contribution in [1.82, 2.24) is 0 Å². The maximum atomic E-state index is 12.5. The second-order valence-electron chi connectivity index (χ2n) is 4.63. The van der Waals surface area contributed by atoms with Gasteiger partial charge in [-0.2, -0.15) is 13.2 Å². The van der Waals surface area contributed by atoms with Crippen molar-refractivity contribution in [2.24, 2.45) is 5.50 Å². The first-order valence-corrected chi connectivity index (χ1v) is 7.51. The first kappa shape index (κ1) is 17.2. The molecule has 0 saturated carbocycles. The van der Waals surface area contributed by atoms with Crippen LogP contribution in [-0.2, 0) is 25.4 Å². The molecule has 0 aromatic heterocycles. The summed E-state index contributed by atoms with van der Waals surface area (Å²) in [7, 11) is -3.75. The molecule has 0 bridgehead atoms. The Morgan fingerprint density at radius 2 is 1.60 bits per heavy atom. The minimum Gasteiger partial charge on any atom is -0.297 e. The summed E-state index contributed by atoms with van der Waals surface area (Å²) in [5.41, 5.74) is 3.89. The highest BCUT2D eigenvalue weighted by atomic mass is 31.2. The van der Waals surface area contributed by atoms with Crippen molar-refractivity contribution in [1.29, 1.82) is 0 Å². The van der Waals surface area contributed by atoms with Gasteiger partial charge in [0.2, 0.25) is 0 Å². The molecular formula is C12H17F3NO3P. The molecule has 0 amide bonds. The molecule has 1 aromatic rings. The van der Waals surface area contributed by atoms with Gasteiger partial charge in [0.05, 0.1) is 17.8 Å². The summed E-state index contributed by atoms with van der Waals surface area (Å²) < 4.78 is 59.2. The van der Waals surface area contributed by atoms with Crippen LogP contribution >= 0.6 is 7.75 Å². The molecule has 2 N–H and O–H groups in total. The second-order valence-corrected chi connectivity index (χ2v) is 6.15. The lowest BCUT2D eigenvalue weighted by Crippen LogP contribution is -2.23. The zero-order chi connectivity index (χ0) is 15.6. The predicted molar refractivity (Wildman–Crippen MR) is 69.0 cm³/mol. The van der Waals surface area contributed by atoms with Gasteiger partial charge in [0.25, 0.3) is 0 Å². The van der Waals surface area contributed by atoms with E-state index in [4.69, 9.17) is 14.6 Å². The summed E-state index contributed by atoms with van der Waals surface area (Å²) in [6, 6.07) is 4.38.